The Labute approximate surface area is 104 Å². The molecular weight excluding hydrogens is 271 g/mol. The first kappa shape index (κ1) is 13.4. The number of nitrogens with zero attached hydrogens (tertiary/aromatic N) is 1. The van der Waals surface area contributed by atoms with E-state index in [1.165, 1.54) is 6.92 Å². The second kappa shape index (κ2) is 4.60. The largest absolute Gasteiger partial charge is 0.302 e. The zero-order valence-corrected chi connectivity index (χ0v) is 9.53. The molecule has 1 aliphatic rings. The molecule has 3 nitrogen and oxygen atoms in total. The summed E-state index contributed by atoms with van der Waals surface area (Å²) in [6, 6.07) is -1.26. The van der Waals surface area contributed by atoms with Crippen LogP contribution in [-0.2, 0) is 4.79 Å². The van der Waals surface area contributed by atoms with Crippen molar-refractivity contribution >= 4 is 11.5 Å². The van der Waals surface area contributed by atoms with Crippen LogP contribution in [-0.4, -0.2) is 11.5 Å². The van der Waals surface area contributed by atoms with E-state index in [1.807, 2.05) is 0 Å². The third-order valence-electron chi connectivity index (χ3n) is 2.75. The van der Waals surface area contributed by atoms with Gasteiger partial charge in [0.05, 0.1) is 11.6 Å². The molecule has 1 aromatic rings. The van der Waals surface area contributed by atoms with Crippen LogP contribution in [0.1, 0.15) is 24.9 Å². The van der Waals surface area contributed by atoms with Crippen LogP contribution in [0.4, 0.5) is 22.0 Å². The zero-order chi connectivity index (χ0) is 14.3. The maximum absolute atomic E-state index is 13.5. The van der Waals surface area contributed by atoms with Crippen molar-refractivity contribution in [3.63, 3.8) is 0 Å². The van der Waals surface area contributed by atoms with Gasteiger partial charge >= 0.3 is 0 Å². The van der Waals surface area contributed by atoms with Crippen LogP contribution < -0.4 is 5.43 Å². The highest BCUT2D eigenvalue weighted by Crippen LogP contribution is 2.31. The SMILES string of the molecule is CC(=O)C1=NNC(c2c(F)c(F)c(F)c(F)c2F)C1. The number of hydrogen-bond acceptors (Lipinski definition) is 3. The van der Waals surface area contributed by atoms with Crippen molar-refractivity contribution in [2.24, 2.45) is 5.10 Å². The standard InChI is InChI=1S/C11H7F5N2O/c1-3(19)4-2-5(18-17-4)6-7(12)9(14)11(16)10(15)8(6)13/h5,18H,2H2,1H3. The summed E-state index contributed by atoms with van der Waals surface area (Å²) in [7, 11) is 0. The van der Waals surface area contributed by atoms with Crippen molar-refractivity contribution in [1.82, 2.24) is 5.43 Å². The summed E-state index contributed by atoms with van der Waals surface area (Å²) in [6.45, 7) is 1.18. The summed E-state index contributed by atoms with van der Waals surface area (Å²) in [5.74, 6) is -10.6. The molecule has 8 heteroatoms. The Kier molecular flexibility index (Phi) is 3.25. The molecule has 2 rings (SSSR count). The highest BCUT2D eigenvalue weighted by molar-refractivity contribution is 6.39. The van der Waals surface area contributed by atoms with Crippen molar-refractivity contribution < 1.29 is 26.7 Å². The van der Waals surface area contributed by atoms with Crippen LogP contribution >= 0.6 is 0 Å². The average Bonchev–Trinajstić information content (AvgIpc) is 2.84. The van der Waals surface area contributed by atoms with Gasteiger partial charge in [-0.05, 0) is 0 Å². The monoisotopic (exact) mass is 278 g/mol. The lowest BCUT2D eigenvalue weighted by Crippen LogP contribution is -2.18. The molecule has 0 amide bonds. The molecule has 0 aliphatic carbocycles. The number of ketones is 1. The van der Waals surface area contributed by atoms with Gasteiger partial charge in [-0.3, -0.25) is 4.79 Å². The summed E-state index contributed by atoms with van der Waals surface area (Å²) in [5.41, 5.74) is 1.15. The highest BCUT2D eigenvalue weighted by Gasteiger charge is 2.33. The molecule has 1 atom stereocenters. The number of hydrogen-bond donors (Lipinski definition) is 1. The summed E-state index contributed by atoms with van der Waals surface area (Å²) >= 11 is 0. The molecule has 0 saturated heterocycles. The van der Waals surface area contributed by atoms with E-state index < -0.39 is 46.5 Å². The molecule has 1 unspecified atom stereocenters. The molecule has 1 aromatic carbocycles. The number of benzene rings is 1. The van der Waals surface area contributed by atoms with Gasteiger partial charge in [0.25, 0.3) is 0 Å². The number of hydrazone groups is 1. The molecule has 19 heavy (non-hydrogen) atoms. The molecule has 1 heterocycles. The minimum Gasteiger partial charge on any atom is -0.302 e. The minimum absolute atomic E-state index is 0.0195. The summed E-state index contributed by atoms with van der Waals surface area (Å²) < 4.78 is 65.9. The van der Waals surface area contributed by atoms with Crippen LogP contribution in [0.3, 0.4) is 0 Å². The topological polar surface area (TPSA) is 41.5 Å². The Morgan fingerprint density at radius 2 is 1.53 bits per heavy atom. The van der Waals surface area contributed by atoms with Gasteiger partial charge < -0.3 is 5.43 Å². The van der Waals surface area contributed by atoms with Gasteiger partial charge in [0, 0.05) is 13.3 Å². The molecule has 0 bridgehead atoms. The number of carbonyl (C=O) groups excluding carboxylic acids is 1. The highest BCUT2D eigenvalue weighted by atomic mass is 19.2. The van der Waals surface area contributed by atoms with E-state index in [9.17, 15) is 26.7 Å². The van der Waals surface area contributed by atoms with Crippen molar-refractivity contribution in [3.8, 4) is 0 Å². The van der Waals surface area contributed by atoms with Gasteiger partial charge in [-0.2, -0.15) is 5.10 Å². The van der Waals surface area contributed by atoms with Gasteiger partial charge in [-0.15, -0.1) is 0 Å². The maximum atomic E-state index is 13.5. The van der Waals surface area contributed by atoms with E-state index in [1.54, 1.807) is 0 Å². The van der Waals surface area contributed by atoms with Crippen molar-refractivity contribution in [3.05, 3.63) is 34.6 Å². The molecule has 1 aliphatic heterocycles. The Morgan fingerprint density at radius 1 is 1.05 bits per heavy atom. The lowest BCUT2D eigenvalue weighted by molar-refractivity contribution is -0.111. The first-order chi connectivity index (χ1) is 8.84. The Morgan fingerprint density at radius 3 is 1.95 bits per heavy atom. The number of carbonyl (C=O) groups is 1. The molecule has 0 saturated carbocycles. The number of rotatable bonds is 2. The molecular formula is C11H7F5N2O. The van der Waals surface area contributed by atoms with Crippen LogP contribution in [0.25, 0.3) is 0 Å². The minimum atomic E-state index is -2.22. The average molecular weight is 278 g/mol. The van der Waals surface area contributed by atoms with Gasteiger partial charge in [0.1, 0.15) is 5.71 Å². The fourth-order valence-corrected chi connectivity index (χ4v) is 1.76. The number of halogens is 5. The van der Waals surface area contributed by atoms with Gasteiger partial charge in [-0.1, -0.05) is 0 Å². The number of Topliss-reactive ketones (excluding diaryl/α,β-unsaturated/α-hetero) is 1. The Balaban J connectivity index is 2.46. The third kappa shape index (κ3) is 2.06. The molecule has 0 radical (unpaired) electrons. The smallest absolute Gasteiger partial charge is 0.200 e. The van der Waals surface area contributed by atoms with Crippen LogP contribution in [0.15, 0.2) is 5.10 Å². The lowest BCUT2D eigenvalue weighted by atomic mass is 9.99. The predicted octanol–water partition coefficient (Wildman–Crippen LogP) is 2.36. The van der Waals surface area contributed by atoms with Crippen molar-refractivity contribution in [2.75, 3.05) is 0 Å². The molecule has 0 aromatic heterocycles. The molecule has 0 fully saturated rings. The first-order valence-electron chi connectivity index (χ1n) is 5.19. The molecule has 1 N–H and O–H groups in total. The van der Waals surface area contributed by atoms with E-state index in [-0.39, 0.29) is 12.1 Å². The van der Waals surface area contributed by atoms with E-state index in [0.29, 0.717) is 0 Å². The maximum Gasteiger partial charge on any atom is 0.200 e. The van der Waals surface area contributed by atoms with Gasteiger partial charge in [-0.25, -0.2) is 22.0 Å². The fraction of sp³-hybridized carbons (Fsp3) is 0.273. The summed E-state index contributed by atoms with van der Waals surface area (Å²) in [5, 5.41) is 3.50. The normalized spacial score (nSPS) is 18.2. The Hall–Kier alpha value is -1.99. The van der Waals surface area contributed by atoms with Gasteiger partial charge in [0.15, 0.2) is 29.1 Å². The molecule has 102 valence electrons. The van der Waals surface area contributed by atoms with E-state index >= 15 is 0 Å². The third-order valence-corrected chi connectivity index (χ3v) is 2.75. The van der Waals surface area contributed by atoms with Crippen molar-refractivity contribution in [1.29, 1.82) is 0 Å². The lowest BCUT2D eigenvalue weighted by Gasteiger charge is -2.13. The van der Waals surface area contributed by atoms with E-state index in [0.717, 1.165) is 0 Å². The summed E-state index contributed by atoms with van der Waals surface area (Å²) in [4.78, 5) is 11.0. The van der Waals surface area contributed by atoms with E-state index in [4.69, 9.17) is 0 Å². The number of nitrogens with one attached hydrogen (secondary N) is 1. The van der Waals surface area contributed by atoms with Gasteiger partial charge in [0.2, 0.25) is 5.82 Å². The predicted molar refractivity (Wildman–Crippen MR) is 54.8 cm³/mol. The summed E-state index contributed by atoms with van der Waals surface area (Å²) in [6.07, 6.45) is -0.242. The van der Waals surface area contributed by atoms with Crippen LogP contribution in [0, 0.1) is 29.1 Å². The molecule has 0 spiro atoms. The second-order valence-corrected chi connectivity index (χ2v) is 3.98. The first-order valence-corrected chi connectivity index (χ1v) is 5.19. The van der Waals surface area contributed by atoms with E-state index in [2.05, 4.69) is 10.5 Å². The Bertz CT molecular complexity index is 570. The zero-order valence-electron chi connectivity index (χ0n) is 9.53. The van der Waals surface area contributed by atoms with Crippen LogP contribution in [0.5, 0.6) is 0 Å². The fourth-order valence-electron chi connectivity index (χ4n) is 1.76. The second-order valence-electron chi connectivity index (χ2n) is 3.98. The quantitative estimate of drug-likeness (QED) is 0.512. The van der Waals surface area contributed by atoms with Crippen LogP contribution in [0.2, 0.25) is 0 Å². The van der Waals surface area contributed by atoms with Crippen molar-refractivity contribution in [2.45, 2.75) is 19.4 Å².